The van der Waals surface area contributed by atoms with E-state index in [-0.39, 0.29) is 38.3 Å². The van der Waals surface area contributed by atoms with Gasteiger partial charge in [0, 0.05) is 25.1 Å². The second-order valence-corrected chi connectivity index (χ2v) is 18.9. The van der Waals surface area contributed by atoms with Gasteiger partial charge in [-0.1, -0.05) is 67.6 Å². The smallest absolute Gasteiger partial charge is 0.328 e. The Balaban J connectivity index is 1.21. The number of rotatable bonds is 18. The standard InChI is InChI=1S/C41H57N9O9S/c1-41(2,57)34-23-44-48-50(34)29-22-33(38(54)45-31(35(51)36(42)52)14-8-9-19-43-40(56)47-60(58,59)30-17-18-30)49(24-29)39(55)32(20-25-10-4-3-5-11-25)46-37(53)28-16-15-26-12-6-7-13-27(26)21-28/h6-7,12-13,15-16,21,23,25,29-33,35,51,57H,3-5,8-11,14,17-20,22,24H2,1-2H3,(H2,42,52)(H,45,54)(H,46,53)(H2,43,47,56)/t29-,31?,32?,33-,35?/m0/s1. The maximum atomic E-state index is 14.9. The summed E-state index contributed by atoms with van der Waals surface area (Å²) >= 11 is 0. The number of hydrogen-bond acceptors (Lipinski definition) is 11. The van der Waals surface area contributed by atoms with Gasteiger partial charge in [0.05, 0.1) is 29.2 Å². The number of carbonyl (C=O) groups excluding carboxylic acids is 5. The number of nitrogens with one attached hydrogen (secondary N) is 4. The van der Waals surface area contributed by atoms with Crippen LogP contribution in [-0.4, -0.2) is 111 Å². The quantitative estimate of drug-likeness (QED) is 0.0909. The Kier molecular flexibility index (Phi) is 14.1. The van der Waals surface area contributed by atoms with Crippen molar-refractivity contribution in [1.82, 2.24) is 40.6 Å². The molecule has 1 saturated heterocycles. The molecule has 1 aromatic heterocycles. The summed E-state index contributed by atoms with van der Waals surface area (Å²) < 4.78 is 27.6. The molecule has 2 heterocycles. The molecule has 1 aliphatic heterocycles. The molecule has 6 amide bonds. The molecular weight excluding hydrogens is 795 g/mol. The zero-order valence-electron chi connectivity index (χ0n) is 34.1. The van der Waals surface area contributed by atoms with Gasteiger partial charge in [0.1, 0.15) is 17.7 Å². The minimum Gasteiger partial charge on any atom is -0.384 e. The van der Waals surface area contributed by atoms with Crippen molar-refractivity contribution in [3.05, 3.63) is 59.9 Å². The topological polar surface area (TPSA) is 268 Å². The van der Waals surface area contributed by atoms with Crippen LogP contribution >= 0.6 is 0 Å². The molecule has 18 nitrogen and oxygen atoms in total. The van der Waals surface area contributed by atoms with Gasteiger partial charge in [-0.05, 0) is 81.2 Å². The predicted octanol–water partition coefficient (Wildman–Crippen LogP) is 1.86. The number of primary amides is 1. The Hall–Kier alpha value is -5.14. The van der Waals surface area contributed by atoms with Crippen LogP contribution in [-0.2, 0) is 30.0 Å². The van der Waals surface area contributed by atoms with Crippen LogP contribution in [0.5, 0.6) is 0 Å². The molecule has 2 saturated carbocycles. The number of likely N-dealkylation sites (tertiary alicyclic amines) is 1. The first kappa shape index (κ1) is 44.4. The third kappa shape index (κ3) is 11.2. The largest absolute Gasteiger partial charge is 0.384 e. The van der Waals surface area contributed by atoms with Gasteiger partial charge in [0.2, 0.25) is 27.7 Å². The van der Waals surface area contributed by atoms with Crippen molar-refractivity contribution in [2.75, 3.05) is 13.1 Å². The molecule has 0 bridgehead atoms. The lowest BCUT2D eigenvalue weighted by atomic mass is 9.84. The van der Waals surface area contributed by atoms with Gasteiger partial charge in [0.15, 0.2) is 6.10 Å². The summed E-state index contributed by atoms with van der Waals surface area (Å²) in [4.78, 5) is 69.0. The minimum atomic E-state index is -3.73. The molecule has 8 N–H and O–H groups in total. The van der Waals surface area contributed by atoms with E-state index in [4.69, 9.17) is 5.73 Å². The van der Waals surface area contributed by atoms with Crippen LogP contribution in [0.2, 0.25) is 0 Å². The van der Waals surface area contributed by atoms with E-state index in [1.54, 1.807) is 26.0 Å². The zero-order valence-corrected chi connectivity index (χ0v) is 34.9. The highest BCUT2D eigenvalue weighted by Crippen LogP contribution is 2.34. The number of fused-ring (bicyclic) bond motifs is 1. The first-order valence-corrected chi connectivity index (χ1v) is 22.4. The van der Waals surface area contributed by atoms with E-state index in [0.29, 0.717) is 36.9 Å². The summed E-state index contributed by atoms with van der Waals surface area (Å²) in [5, 5.41) is 39.5. The fourth-order valence-electron chi connectivity index (χ4n) is 8.29. The Morgan fingerprint density at radius 2 is 1.68 bits per heavy atom. The van der Waals surface area contributed by atoms with E-state index in [2.05, 4.69) is 26.3 Å². The highest BCUT2D eigenvalue weighted by atomic mass is 32.2. The first-order valence-electron chi connectivity index (χ1n) is 20.8. The van der Waals surface area contributed by atoms with Gasteiger partial charge in [-0.15, -0.1) is 5.10 Å². The molecule has 5 atom stereocenters. The predicted molar refractivity (Wildman–Crippen MR) is 220 cm³/mol. The Morgan fingerprint density at radius 1 is 0.967 bits per heavy atom. The number of nitrogens with zero attached hydrogens (tertiary/aromatic N) is 4. The maximum Gasteiger partial charge on any atom is 0.328 e. The van der Waals surface area contributed by atoms with Crippen molar-refractivity contribution in [2.24, 2.45) is 11.7 Å². The third-order valence-electron chi connectivity index (χ3n) is 11.7. The number of urea groups is 1. The fourth-order valence-corrected chi connectivity index (χ4v) is 9.54. The number of hydrogen-bond donors (Lipinski definition) is 7. The van der Waals surface area contributed by atoms with E-state index in [0.717, 1.165) is 42.9 Å². The van der Waals surface area contributed by atoms with Gasteiger partial charge in [0.25, 0.3) is 5.91 Å². The molecule has 326 valence electrons. The van der Waals surface area contributed by atoms with Crippen LogP contribution in [0.15, 0.2) is 48.7 Å². The lowest BCUT2D eigenvalue weighted by Gasteiger charge is -2.32. The average molecular weight is 852 g/mol. The van der Waals surface area contributed by atoms with E-state index < -0.39 is 80.8 Å². The van der Waals surface area contributed by atoms with Gasteiger partial charge < -0.3 is 36.8 Å². The maximum absolute atomic E-state index is 14.9. The molecule has 0 spiro atoms. The van der Waals surface area contributed by atoms with Crippen LogP contribution in [0.4, 0.5) is 4.79 Å². The van der Waals surface area contributed by atoms with Gasteiger partial charge in [-0.25, -0.2) is 22.6 Å². The average Bonchev–Trinajstić information content (AvgIpc) is 3.80. The Labute approximate surface area is 349 Å². The number of amides is 6. The number of unbranched alkanes of at least 4 members (excludes halogenated alkanes) is 1. The normalized spacial score (nSPS) is 20.2. The molecule has 3 unspecified atom stereocenters. The molecule has 19 heteroatoms. The summed E-state index contributed by atoms with van der Waals surface area (Å²) in [6.45, 7) is 3.19. The van der Waals surface area contributed by atoms with E-state index in [1.165, 1.54) is 15.8 Å². The van der Waals surface area contributed by atoms with E-state index in [9.17, 15) is 42.6 Å². The van der Waals surface area contributed by atoms with Crippen LogP contribution in [0, 0.1) is 5.92 Å². The van der Waals surface area contributed by atoms with Crippen molar-refractivity contribution >= 4 is 50.5 Å². The van der Waals surface area contributed by atoms with Crippen molar-refractivity contribution in [2.45, 2.75) is 132 Å². The first-order chi connectivity index (χ1) is 28.5. The van der Waals surface area contributed by atoms with Crippen LogP contribution in [0.1, 0.15) is 113 Å². The number of nitrogens with two attached hydrogens (primary N) is 1. The summed E-state index contributed by atoms with van der Waals surface area (Å²) in [5.74, 6) is -2.52. The van der Waals surface area contributed by atoms with Crippen molar-refractivity contribution in [1.29, 1.82) is 0 Å². The van der Waals surface area contributed by atoms with E-state index in [1.807, 2.05) is 35.1 Å². The van der Waals surface area contributed by atoms with Crippen molar-refractivity contribution < 1.29 is 42.6 Å². The molecule has 2 aromatic carbocycles. The number of carbonyl (C=O) groups is 5. The van der Waals surface area contributed by atoms with Crippen LogP contribution < -0.4 is 26.4 Å². The fraction of sp³-hybridized carbons (Fsp3) is 0.585. The molecule has 0 radical (unpaired) electrons. The molecule has 3 aliphatic rings. The number of sulfonamides is 1. The van der Waals surface area contributed by atoms with Crippen LogP contribution in [0.25, 0.3) is 10.8 Å². The van der Waals surface area contributed by atoms with Crippen molar-refractivity contribution in [3.63, 3.8) is 0 Å². The lowest BCUT2D eigenvalue weighted by molar-refractivity contribution is -0.141. The number of benzene rings is 2. The Bertz CT molecular complexity index is 2150. The molecule has 3 aromatic rings. The molecule has 60 heavy (non-hydrogen) atoms. The molecule has 3 fully saturated rings. The molecule has 6 rings (SSSR count). The summed E-state index contributed by atoms with van der Waals surface area (Å²) in [6, 6.07) is 8.13. The summed E-state index contributed by atoms with van der Waals surface area (Å²) in [7, 11) is -3.73. The zero-order chi connectivity index (χ0) is 43.2. The van der Waals surface area contributed by atoms with Crippen molar-refractivity contribution in [3.8, 4) is 0 Å². The summed E-state index contributed by atoms with van der Waals surface area (Å²) in [6.07, 6.45) is 6.49. The number of aromatic nitrogens is 3. The molecular formula is C41H57N9O9S. The third-order valence-corrected chi connectivity index (χ3v) is 13.6. The Morgan fingerprint density at radius 3 is 2.37 bits per heavy atom. The lowest BCUT2D eigenvalue weighted by Crippen LogP contribution is -2.57. The second-order valence-electron chi connectivity index (χ2n) is 16.9. The number of aliphatic hydroxyl groups excluding tert-OH is 1. The second kappa shape index (κ2) is 19.1. The van der Waals surface area contributed by atoms with Gasteiger partial charge in [-0.2, -0.15) is 0 Å². The highest BCUT2D eigenvalue weighted by Gasteiger charge is 2.45. The highest BCUT2D eigenvalue weighted by molar-refractivity contribution is 7.90. The summed E-state index contributed by atoms with van der Waals surface area (Å²) in [5.41, 5.74) is 4.86. The van der Waals surface area contributed by atoms with E-state index >= 15 is 0 Å². The van der Waals surface area contributed by atoms with Crippen LogP contribution in [0.3, 0.4) is 0 Å². The van der Waals surface area contributed by atoms with Gasteiger partial charge >= 0.3 is 6.03 Å². The molecule has 2 aliphatic carbocycles. The number of aliphatic hydroxyl groups is 2. The minimum absolute atomic E-state index is 0.0242. The SMILES string of the molecule is CC(C)(O)c1cnnn1[C@H]1C[C@@H](C(=O)NC(CCCCNC(=O)NS(=O)(=O)C2CC2)C(O)C(N)=O)N(C(=O)C(CC2CCCCC2)NC(=O)c2ccc3ccccc3c2)C1. The van der Waals surface area contributed by atoms with Gasteiger partial charge in [-0.3, -0.25) is 19.2 Å². The monoisotopic (exact) mass is 851 g/mol.